The summed E-state index contributed by atoms with van der Waals surface area (Å²) in [6.07, 6.45) is 6.87. The molecule has 6 aromatic carbocycles. The molecule has 0 fully saturated rings. The Bertz CT molecular complexity index is 3330. The van der Waals surface area contributed by atoms with Crippen molar-refractivity contribution in [3.05, 3.63) is 197 Å². The van der Waals surface area contributed by atoms with E-state index in [1.165, 1.54) is 31.6 Å². The first-order valence-electron chi connectivity index (χ1n) is 24.6. The van der Waals surface area contributed by atoms with E-state index in [-0.39, 0.29) is 18.2 Å². The molecule has 12 heteroatoms. The van der Waals surface area contributed by atoms with Gasteiger partial charge in [0.1, 0.15) is 6.42 Å². The largest absolute Gasteiger partial charge is 0.356 e. The van der Waals surface area contributed by atoms with Gasteiger partial charge in [0.05, 0.1) is 32.2 Å². The molecule has 0 radical (unpaired) electrons. The number of amides is 2. The molecule has 0 spiro atoms. The van der Waals surface area contributed by atoms with Gasteiger partial charge in [-0.3, -0.25) is 9.59 Å². The fraction of sp³-hybridized carbons (Fsp3) is 0.200. The van der Waals surface area contributed by atoms with Crippen molar-refractivity contribution in [1.82, 2.24) is 15.5 Å². The molecule has 0 saturated heterocycles. The predicted octanol–water partition coefficient (Wildman–Crippen LogP) is 11.3. The molecule has 9 nitrogen and oxygen atoms in total. The lowest BCUT2D eigenvalue weighted by Gasteiger charge is -2.17. The smallest absolute Gasteiger partial charge is 0.247 e. The van der Waals surface area contributed by atoms with Crippen LogP contribution < -0.4 is 29.6 Å². The highest BCUT2D eigenvalue weighted by Gasteiger charge is 2.28. The Balaban J connectivity index is 0.715. The molecular weight excluding hydrogens is 947 g/mol. The van der Waals surface area contributed by atoms with Crippen molar-refractivity contribution in [2.75, 3.05) is 62.9 Å². The number of hydrogen-bond donors (Lipinski definition) is 2. The molecule has 0 aliphatic carbocycles. The summed E-state index contributed by atoms with van der Waals surface area (Å²) in [4.78, 5) is 36.2. The molecular formula is C60H59N7O2S3+2. The predicted molar refractivity (Wildman–Crippen MR) is 300 cm³/mol. The minimum atomic E-state index is -0.00697. The van der Waals surface area contributed by atoms with Crippen LogP contribution in [0.4, 0.5) is 11.4 Å². The first kappa shape index (κ1) is 48.8. The third-order valence-corrected chi connectivity index (χ3v) is 16.5. The quantitative estimate of drug-likeness (QED) is 0.0500. The number of anilines is 2. The minimum absolute atomic E-state index is 0.00697. The zero-order valence-corrected chi connectivity index (χ0v) is 43.4. The summed E-state index contributed by atoms with van der Waals surface area (Å²) < 4.78 is 4.54. The van der Waals surface area contributed by atoms with Gasteiger partial charge in [-0.05, 0) is 92.7 Å². The van der Waals surface area contributed by atoms with E-state index in [4.69, 9.17) is 0 Å². The maximum Gasteiger partial charge on any atom is 0.247 e. The van der Waals surface area contributed by atoms with E-state index >= 15 is 0 Å². The molecule has 10 rings (SSSR count). The van der Waals surface area contributed by atoms with Crippen molar-refractivity contribution >= 4 is 92.4 Å². The topological polar surface area (TPSA) is 75.7 Å². The molecule has 2 amide bonds. The third-order valence-electron chi connectivity index (χ3n) is 13.1. The van der Waals surface area contributed by atoms with E-state index in [1.54, 1.807) is 35.3 Å². The fourth-order valence-electron chi connectivity index (χ4n) is 9.49. The Kier molecular flexibility index (Phi) is 15.4. The van der Waals surface area contributed by atoms with E-state index in [9.17, 15) is 9.59 Å². The number of nitrogens with zero attached hydrogens (tertiary/aromatic N) is 5. The zero-order valence-electron chi connectivity index (χ0n) is 41.0. The first-order valence-corrected chi connectivity index (χ1v) is 27.3. The standard InChI is InChI=1S/C60H57N7O2S3/c1-63(36-19-34-62-57(69)42-47-38-43(39-58-64(2)52-28-14-16-30-54(52)71-58)48-24-10-12-26-50(48)66(47)45-20-6-4-7-21-45)35-18-33-61-56(68)32-37-70-60-41-44(40-59-65(3)53-29-15-17-31-55(53)72-59)49-25-11-13-27-51(49)67(60)46-22-8-5-9-23-46/h4-17,20-31,38-41H,18-19,32-37,42H2,1-3H3/p+2. The number of aromatic nitrogens is 2. The molecule has 362 valence electrons. The number of thioether (sulfide) groups is 3. The van der Waals surface area contributed by atoms with Gasteiger partial charge >= 0.3 is 0 Å². The number of benzene rings is 6. The molecule has 8 aromatic rings. The Morgan fingerprint density at radius 3 is 1.62 bits per heavy atom. The van der Waals surface area contributed by atoms with Gasteiger partial charge in [0.2, 0.25) is 39.2 Å². The van der Waals surface area contributed by atoms with E-state index in [0.29, 0.717) is 25.3 Å². The van der Waals surface area contributed by atoms with Gasteiger partial charge in [-0.1, -0.05) is 120 Å². The lowest BCUT2D eigenvalue weighted by atomic mass is 10.0. The molecule has 4 heterocycles. The van der Waals surface area contributed by atoms with Crippen LogP contribution in [0.1, 0.15) is 36.1 Å². The van der Waals surface area contributed by atoms with Crippen LogP contribution in [0, 0.1) is 0 Å². The van der Waals surface area contributed by atoms with Gasteiger partial charge in [-0.15, -0.1) is 4.57 Å². The molecule has 0 saturated carbocycles. The van der Waals surface area contributed by atoms with Crippen LogP contribution in [0.3, 0.4) is 0 Å². The summed E-state index contributed by atoms with van der Waals surface area (Å²) in [7, 11) is 6.35. The van der Waals surface area contributed by atoms with Gasteiger partial charge in [0.15, 0.2) is 5.69 Å². The monoisotopic (exact) mass is 1010 g/mol. The highest BCUT2D eigenvalue weighted by Crippen LogP contribution is 2.47. The summed E-state index contributed by atoms with van der Waals surface area (Å²) in [6.45, 7) is 2.88. The van der Waals surface area contributed by atoms with Crippen molar-refractivity contribution < 1.29 is 18.7 Å². The Labute approximate surface area is 435 Å². The second-order valence-corrected chi connectivity index (χ2v) is 21.4. The van der Waals surface area contributed by atoms with Crippen LogP contribution in [-0.4, -0.2) is 69.8 Å². The van der Waals surface area contributed by atoms with Crippen LogP contribution in [0.5, 0.6) is 0 Å². The lowest BCUT2D eigenvalue weighted by molar-refractivity contribution is -0.608. The normalized spacial score (nSPS) is 14.2. The van der Waals surface area contributed by atoms with Crippen molar-refractivity contribution in [3.63, 3.8) is 0 Å². The van der Waals surface area contributed by atoms with Gasteiger partial charge in [0, 0.05) is 97.7 Å². The molecule has 0 atom stereocenters. The van der Waals surface area contributed by atoms with Crippen LogP contribution in [-0.2, 0) is 16.0 Å². The third kappa shape index (κ3) is 11.0. The molecule has 72 heavy (non-hydrogen) atoms. The van der Waals surface area contributed by atoms with Crippen molar-refractivity contribution in [3.8, 4) is 11.4 Å². The number of carbonyl (C=O) groups excluding carboxylic acids is 2. The number of para-hydroxylation sites is 6. The highest BCUT2D eigenvalue weighted by molar-refractivity contribution is 8.04. The lowest BCUT2D eigenvalue weighted by Crippen LogP contribution is -2.40. The van der Waals surface area contributed by atoms with Gasteiger partial charge in [-0.25, -0.2) is 0 Å². The van der Waals surface area contributed by atoms with Gasteiger partial charge in [0.25, 0.3) is 0 Å². The summed E-state index contributed by atoms with van der Waals surface area (Å²) in [6, 6.07) is 59.3. The first-order chi connectivity index (χ1) is 35.3. The number of pyridine rings is 2. The summed E-state index contributed by atoms with van der Waals surface area (Å²) in [5, 5.41) is 12.1. The average Bonchev–Trinajstić information content (AvgIpc) is 3.90. The van der Waals surface area contributed by atoms with E-state index in [2.05, 4.69) is 213 Å². The SMILES string of the molecule is CN(CCCNC(=O)CCSc1cc(/C=C2/Sc3ccccc3N2C)c2ccccc2[n+]1-c1ccccc1)CCCNC(=O)Cc1cc(/C=C2/Sc3ccccc3N2C)c2ccccc2[n+]1-c1ccccc1. The van der Waals surface area contributed by atoms with Crippen molar-refractivity contribution in [2.45, 2.75) is 40.5 Å². The number of carbonyl (C=O) groups is 2. The van der Waals surface area contributed by atoms with Crippen molar-refractivity contribution in [1.29, 1.82) is 0 Å². The molecule has 2 N–H and O–H groups in total. The van der Waals surface area contributed by atoms with Crippen LogP contribution >= 0.6 is 35.3 Å². The van der Waals surface area contributed by atoms with Gasteiger partial charge in [-0.2, -0.15) is 4.57 Å². The Morgan fingerprint density at radius 1 is 0.583 bits per heavy atom. The second kappa shape index (κ2) is 22.7. The Hall–Kier alpha value is -6.83. The molecule has 2 aromatic heterocycles. The number of nitrogens with one attached hydrogen (secondary N) is 2. The number of fused-ring (bicyclic) bond motifs is 4. The highest BCUT2D eigenvalue weighted by atomic mass is 32.2. The van der Waals surface area contributed by atoms with Crippen molar-refractivity contribution in [2.24, 2.45) is 0 Å². The second-order valence-electron chi connectivity index (χ2n) is 18.1. The van der Waals surface area contributed by atoms with E-state index < -0.39 is 0 Å². The average molecular weight is 1010 g/mol. The van der Waals surface area contributed by atoms with Crippen LogP contribution in [0.15, 0.2) is 195 Å². The van der Waals surface area contributed by atoms with Crippen LogP contribution in [0.2, 0.25) is 0 Å². The number of hydrogen-bond acceptors (Lipinski definition) is 8. The molecule has 2 aliphatic heterocycles. The zero-order chi connectivity index (χ0) is 49.4. The Morgan fingerprint density at radius 2 is 1.06 bits per heavy atom. The molecule has 0 unspecified atom stereocenters. The summed E-state index contributed by atoms with van der Waals surface area (Å²) >= 11 is 5.28. The molecule has 0 bridgehead atoms. The number of rotatable bonds is 18. The maximum absolute atomic E-state index is 13.7. The minimum Gasteiger partial charge on any atom is -0.356 e. The molecule has 2 aliphatic rings. The van der Waals surface area contributed by atoms with Crippen LogP contribution in [0.25, 0.3) is 45.3 Å². The summed E-state index contributed by atoms with van der Waals surface area (Å²) in [5.41, 5.74) is 9.86. The van der Waals surface area contributed by atoms with E-state index in [0.717, 1.165) is 80.6 Å². The van der Waals surface area contributed by atoms with Gasteiger partial charge < -0.3 is 25.3 Å². The van der Waals surface area contributed by atoms with E-state index in [1.807, 2.05) is 24.3 Å². The summed E-state index contributed by atoms with van der Waals surface area (Å²) in [5.74, 6) is 0.701. The maximum atomic E-state index is 13.7. The fourth-order valence-corrected chi connectivity index (χ4v) is 12.7.